The molecule has 4 nitrogen and oxygen atoms in total. The summed E-state index contributed by atoms with van der Waals surface area (Å²) in [5, 5.41) is 14.3. The summed E-state index contributed by atoms with van der Waals surface area (Å²) in [6, 6.07) is 0.565. The number of nitrogens with one attached hydrogen (secondary N) is 1. The van der Waals surface area contributed by atoms with Crippen molar-refractivity contribution in [2.45, 2.75) is 60.0 Å². The molecular formula is C17H28N2O2. The van der Waals surface area contributed by atoms with Crippen LogP contribution in [0.3, 0.4) is 0 Å². The van der Waals surface area contributed by atoms with Crippen LogP contribution in [-0.4, -0.2) is 22.7 Å². The summed E-state index contributed by atoms with van der Waals surface area (Å²) >= 11 is 0. The summed E-state index contributed by atoms with van der Waals surface area (Å²) in [7, 11) is 0. The quantitative estimate of drug-likeness (QED) is 0.897. The molecule has 2 N–H and O–H groups in total. The molecule has 0 bridgehead atoms. The average molecular weight is 292 g/mol. The molecule has 1 aromatic rings. The van der Waals surface area contributed by atoms with Crippen molar-refractivity contribution in [1.29, 1.82) is 0 Å². The molecule has 0 radical (unpaired) electrons. The number of hydrogen-bond donors (Lipinski definition) is 2. The third kappa shape index (κ3) is 3.88. The van der Waals surface area contributed by atoms with Gasteiger partial charge in [0, 0.05) is 6.54 Å². The molecule has 1 saturated carbocycles. The Morgan fingerprint density at radius 1 is 1.29 bits per heavy atom. The first kappa shape index (κ1) is 16.1. The van der Waals surface area contributed by atoms with Crippen molar-refractivity contribution < 1.29 is 9.52 Å². The van der Waals surface area contributed by atoms with Gasteiger partial charge < -0.3 is 14.8 Å². The number of hydrogen-bond acceptors (Lipinski definition) is 4. The zero-order valence-electron chi connectivity index (χ0n) is 13.9. The van der Waals surface area contributed by atoms with Gasteiger partial charge in [-0.1, -0.05) is 26.8 Å². The zero-order chi connectivity index (χ0) is 15.7. The molecule has 4 heteroatoms. The fourth-order valence-corrected chi connectivity index (χ4v) is 3.84. The maximum absolute atomic E-state index is 10.1. The fourth-order valence-electron chi connectivity index (χ4n) is 3.84. The SMILES string of the molecule is CC=c1nc(NCC2(C)CC(O)CC(C)(C)C2)oc1=CC. The van der Waals surface area contributed by atoms with Gasteiger partial charge in [0.05, 0.1) is 6.10 Å². The number of aliphatic hydroxyl groups excluding tert-OH is 1. The summed E-state index contributed by atoms with van der Waals surface area (Å²) in [5.41, 5.74) is 1.03. The van der Waals surface area contributed by atoms with Crippen molar-refractivity contribution in [3.05, 3.63) is 10.8 Å². The number of rotatable bonds is 3. The Morgan fingerprint density at radius 2 is 2.00 bits per heavy atom. The minimum atomic E-state index is -0.218. The molecule has 21 heavy (non-hydrogen) atoms. The van der Waals surface area contributed by atoms with Crippen LogP contribution in [0.4, 0.5) is 6.01 Å². The molecule has 2 atom stereocenters. The van der Waals surface area contributed by atoms with E-state index in [0.29, 0.717) is 6.01 Å². The van der Waals surface area contributed by atoms with Gasteiger partial charge in [0.25, 0.3) is 6.01 Å². The maximum atomic E-state index is 10.1. The second kappa shape index (κ2) is 5.84. The third-order valence-corrected chi connectivity index (χ3v) is 4.31. The maximum Gasteiger partial charge on any atom is 0.295 e. The van der Waals surface area contributed by atoms with Crippen LogP contribution >= 0.6 is 0 Å². The van der Waals surface area contributed by atoms with Gasteiger partial charge in [-0.05, 0) is 50.0 Å². The Labute approximate surface area is 127 Å². The first-order valence-corrected chi connectivity index (χ1v) is 7.78. The van der Waals surface area contributed by atoms with Gasteiger partial charge in [0.15, 0.2) is 5.42 Å². The predicted molar refractivity (Wildman–Crippen MR) is 86.3 cm³/mol. The van der Waals surface area contributed by atoms with Crippen molar-refractivity contribution in [3.63, 3.8) is 0 Å². The zero-order valence-corrected chi connectivity index (χ0v) is 13.9. The Bertz CT molecular complexity index is 571. The molecule has 0 amide bonds. The molecule has 118 valence electrons. The first-order chi connectivity index (χ1) is 9.77. The van der Waals surface area contributed by atoms with Gasteiger partial charge in [-0.25, -0.2) is 0 Å². The van der Waals surface area contributed by atoms with E-state index in [0.717, 1.165) is 36.6 Å². The lowest BCUT2D eigenvalue weighted by Crippen LogP contribution is -2.42. The number of nitrogens with zero attached hydrogens (tertiary/aromatic N) is 1. The Morgan fingerprint density at radius 3 is 2.52 bits per heavy atom. The van der Waals surface area contributed by atoms with E-state index in [1.54, 1.807) is 0 Å². The van der Waals surface area contributed by atoms with E-state index >= 15 is 0 Å². The smallest absolute Gasteiger partial charge is 0.295 e. The number of aliphatic hydroxyl groups is 1. The summed E-state index contributed by atoms with van der Waals surface area (Å²) in [5.74, 6) is 0. The summed E-state index contributed by atoms with van der Waals surface area (Å²) in [6.45, 7) is 11.3. The van der Waals surface area contributed by atoms with Crippen LogP contribution in [0, 0.1) is 10.8 Å². The molecule has 1 heterocycles. The highest BCUT2D eigenvalue weighted by molar-refractivity contribution is 5.28. The second-order valence-electron chi connectivity index (χ2n) is 7.41. The topological polar surface area (TPSA) is 58.3 Å². The number of oxazole rings is 1. The molecule has 2 unspecified atom stereocenters. The highest BCUT2D eigenvalue weighted by Crippen LogP contribution is 2.45. The monoisotopic (exact) mass is 292 g/mol. The van der Waals surface area contributed by atoms with Gasteiger partial charge in [-0.15, -0.1) is 0 Å². The predicted octanol–water partition coefficient (Wildman–Crippen LogP) is 2.26. The van der Waals surface area contributed by atoms with Crippen LogP contribution in [0.25, 0.3) is 12.2 Å². The van der Waals surface area contributed by atoms with E-state index in [1.165, 1.54) is 0 Å². The van der Waals surface area contributed by atoms with Gasteiger partial charge in [-0.2, -0.15) is 4.98 Å². The molecule has 2 rings (SSSR count). The first-order valence-electron chi connectivity index (χ1n) is 7.78. The van der Waals surface area contributed by atoms with Gasteiger partial charge in [-0.3, -0.25) is 0 Å². The van der Waals surface area contributed by atoms with E-state index in [9.17, 15) is 5.11 Å². The summed E-state index contributed by atoms with van der Waals surface area (Å²) in [6.07, 6.45) is 6.44. The number of anilines is 1. The molecule has 0 aliphatic heterocycles. The van der Waals surface area contributed by atoms with Crippen molar-refractivity contribution in [2.24, 2.45) is 10.8 Å². The van der Waals surface area contributed by atoms with Gasteiger partial charge >= 0.3 is 0 Å². The second-order valence-corrected chi connectivity index (χ2v) is 7.41. The van der Waals surface area contributed by atoms with Crippen molar-refractivity contribution in [3.8, 4) is 0 Å². The Balaban J connectivity index is 2.10. The van der Waals surface area contributed by atoms with E-state index in [4.69, 9.17) is 4.42 Å². The van der Waals surface area contributed by atoms with E-state index < -0.39 is 0 Å². The van der Waals surface area contributed by atoms with Gasteiger partial charge in [0.2, 0.25) is 0 Å². The van der Waals surface area contributed by atoms with Crippen LogP contribution in [-0.2, 0) is 0 Å². The minimum Gasteiger partial charge on any atom is -0.424 e. The van der Waals surface area contributed by atoms with Crippen molar-refractivity contribution in [2.75, 3.05) is 11.9 Å². The summed E-state index contributed by atoms with van der Waals surface area (Å²) in [4.78, 5) is 4.44. The van der Waals surface area contributed by atoms with Crippen LogP contribution in [0.2, 0.25) is 0 Å². The standard InChI is InChI=1S/C17H28N2O2/c1-6-13-14(7-2)21-15(19-13)18-11-17(5)9-12(20)8-16(3,4)10-17/h6-7,12,20H,8-11H2,1-5H3,(H,18,19). The Hall–Kier alpha value is -1.29. The third-order valence-electron chi connectivity index (χ3n) is 4.31. The minimum absolute atomic E-state index is 0.0574. The molecule has 0 aromatic carbocycles. The normalized spacial score (nSPS) is 30.7. The van der Waals surface area contributed by atoms with Gasteiger partial charge in [0.1, 0.15) is 5.35 Å². The molecule has 0 spiro atoms. The van der Waals surface area contributed by atoms with Crippen LogP contribution in [0.1, 0.15) is 53.9 Å². The van der Waals surface area contributed by atoms with Crippen molar-refractivity contribution >= 4 is 18.2 Å². The molecule has 1 aliphatic carbocycles. The molecule has 1 fully saturated rings. The van der Waals surface area contributed by atoms with Crippen LogP contribution < -0.4 is 16.1 Å². The summed E-state index contributed by atoms with van der Waals surface area (Å²) < 4.78 is 5.70. The largest absolute Gasteiger partial charge is 0.424 e. The fraction of sp³-hybridized carbons (Fsp3) is 0.706. The lowest BCUT2D eigenvalue weighted by atomic mass is 9.63. The highest BCUT2D eigenvalue weighted by atomic mass is 16.4. The van der Waals surface area contributed by atoms with Crippen molar-refractivity contribution in [1.82, 2.24) is 4.98 Å². The average Bonchev–Trinajstić information content (AvgIpc) is 2.76. The lowest BCUT2D eigenvalue weighted by Gasteiger charge is -2.45. The molecule has 1 aromatic heterocycles. The highest BCUT2D eigenvalue weighted by Gasteiger charge is 2.40. The van der Waals surface area contributed by atoms with E-state index in [-0.39, 0.29) is 16.9 Å². The molecule has 1 aliphatic rings. The van der Waals surface area contributed by atoms with E-state index in [2.05, 4.69) is 31.1 Å². The Kier molecular flexibility index (Phi) is 4.47. The van der Waals surface area contributed by atoms with Crippen LogP contribution in [0.5, 0.6) is 0 Å². The molecule has 0 saturated heterocycles. The number of aromatic nitrogens is 1. The lowest BCUT2D eigenvalue weighted by molar-refractivity contribution is -0.00338. The van der Waals surface area contributed by atoms with Crippen LogP contribution in [0.15, 0.2) is 4.42 Å². The molecular weight excluding hydrogens is 264 g/mol. The van der Waals surface area contributed by atoms with E-state index in [1.807, 2.05) is 26.0 Å².